The van der Waals surface area contributed by atoms with Crippen molar-refractivity contribution in [2.45, 2.75) is 46.8 Å². The van der Waals surface area contributed by atoms with Gasteiger partial charge in [-0.15, -0.1) is 0 Å². The number of hydrogen-bond acceptors (Lipinski definition) is 9. The number of rotatable bonds is 10. The molecule has 4 heterocycles. The monoisotopic (exact) mass is 649 g/mol. The summed E-state index contributed by atoms with van der Waals surface area (Å²) in [7, 11) is 0. The van der Waals surface area contributed by atoms with Gasteiger partial charge in [0.05, 0.1) is 31.7 Å². The van der Waals surface area contributed by atoms with Crippen LogP contribution in [0.3, 0.4) is 0 Å². The SMILES string of the molecule is CCOc1cc2c(cc1C(=O)N1CCN(C(=O)Cc3ccccn3)CC1)[n+](CC)c(CNC(=O)c1nc(Cl)c(N)nc1N)n2CC. The van der Waals surface area contributed by atoms with E-state index in [1.807, 2.05) is 55.7 Å². The molecule has 46 heavy (non-hydrogen) atoms. The van der Waals surface area contributed by atoms with Crippen LogP contribution in [-0.2, 0) is 30.8 Å². The molecular formula is C31H38ClN10O4+. The van der Waals surface area contributed by atoms with Crippen LogP contribution >= 0.6 is 11.6 Å². The average molecular weight is 650 g/mol. The third kappa shape index (κ3) is 6.52. The minimum absolute atomic E-state index is 0.0130. The fourth-order valence-electron chi connectivity index (χ4n) is 5.70. The zero-order valence-corrected chi connectivity index (χ0v) is 26.9. The summed E-state index contributed by atoms with van der Waals surface area (Å²) in [5.41, 5.74) is 14.2. The molecule has 3 aromatic heterocycles. The molecule has 0 unspecified atom stereocenters. The number of piperazine rings is 1. The molecule has 0 saturated carbocycles. The van der Waals surface area contributed by atoms with Crippen LogP contribution in [0.4, 0.5) is 11.6 Å². The number of carbonyl (C=O) groups excluding carboxylic acids is 3. The predicted molar refractivity (Wildman–Crippen MR) is 172 cm³/mol. The van der Waals surface area contributed by atoms with Gasteiger partial charge in [0.2, 0.25) is 5.91 Å². The molecule has 242 valence electrons. The van der Waals surface area contributed by atoms with E-state index >= 15 is 0 Å². The standard InChI is InChI=1S/C31H37ClN10O4/c1-4-41-21-16-20(31(45)40-13-11-39(12-14-40)25(43)15-19-9-7-8-10-35-19)23(46-6-3)17-22(21)42(5-2)24(41)18-36-30(44)26-28(33)38-29(34)27(32)37-26/h7-10,16-17H,4-6,11-15,18H2,1-3H3,(H4-,33,34,36,38,44)/p+1. The van der Waals surface area contributed by atoms with E-state index in [0.717, 1.165) is 22.6 Å². The Kier molecular flexibility index (Phi) is 9.85. The molecule has 1 aromatic carbocycles. The van der Waals surface area contributed by atoms with Crippen molar-refractivity contribution in [3.8, 4) is 5.75 Å². The molecule has 1 aliphatic heterocycles. The third-order valence-corrected chi connectivity index (χ3v) is 8.23. The Morgan fingerprint density at radius 1 is 1.02 bits per heavy atom. The second-order valence-corrected chi connectivity index (χ2v) is 11.0. The lowest BCUT2D eigenvalue weighted by Gasteiger charge is -2.35. The molecule has 3 amide bonds. The number of imidazole rings is 1. The Morgan fingerprint density at radius 3 is 2.41 bits per heavy atom. The number of aryl methyl sites for hydroxylation is 2. The fraction of sp³-hybridized carbons (Fsp3) is 0.387. The van der Waals surface area contributed by atoms with E-state index in [1.54, 1.807) is 16.0 Å². The Hall–Kier alpha value is -4.98. The minimum Gasteiger partial charge on any atom is -0.493 e. The van der Waals surface area contributed by atoms with E-state index in [-0.39, 0.29) is 47.3 Å². The number of halogens is 1. The highest BCUT2D eigenvalue weighted by molar-refractivity contribution is 6.31. The Balaban J connectivity index is 1.39. The van der Waals surface area contributed by atoms with Gasteiger partial charge in [0.15, 0.2) is 33.5 Å². The zero-order chi connectivity index (χ0) is 33.0. The van der Waals surface area contributed by atoms with E-state index in [9.17, 15) is 14.4 Å². The number of nitrogens with zero attached hydrogens (tertiary/aromatic N) is 7. The topological polar surface area (TPSA) is 178 Å². The highest BCUT2D eigenvalue weighted by atomic mass is 35.5. The van der Waals surface area contributed by atoms with Crippen LogP contribution in [0, 0.1) is 0 Å². The van der Waals surface area contributed by atoms with Gasteiger partial charge in [0, 0.05) is 50.2 Å². The Bertz CT molecular complexity index is 1770. The number of carbonyl (C=O) groups is 3. The smallest absolute Gasteiger partial charge is 0.277 e. The number of nitrogens with one attached hydrogen (secondary N) is 1. The molecule has 0 bridgehead atoms. The van der Waals surface area contributed by atoms with Gasteiger partial charge in [0.1, 0.15) is 12.3 Å². The second-order valence-electron chi connectivity index (χ2n) is 10.7. The average Bonchev–Trinajstić information content (AvgIpc) is 3.36. The van der Waals surface area contributed by atoms with Crippen LogP contribution in [0.15, 0.2) is 36.5 Å². The highest BCUT2D eigenvalue weighted by Crippen LogP contribution is 2.28. The second kappa shape index (κ2) is 14.0. The molecule has 15 heteroatoms. The van der Waals surface area contributed by atoms with Crippen LogP contribution < -0.4 is 26.1 Å². The normalized spacial score (nSPS) is 13.2. The molecule has 1 fully saturated rings. The minimum atomic E-state index is -0.550. The van der Waals surface area contributed by atoms with Crippen molar-refractivity contribution in [2.24, 2.45) is 0 Å². The van der Waals surface area contributed by atoms with Crippen molar-refractivity contribution in [3.63, 3.8) is 0 Å². The van der Waals surface area contributed by atoms with E-state index in [2.05, 4.69) is 24.8 Å². The fourth-order valence-corrected chi connectivity index (χ4v) is 5.83. The van der Waals surface area contributed by atoms with E-state index < -0.39 is 5.91 Å². The number of pyridine rings is 1. The predicted octanol–water partition coefficient (Wildman–Crippen LogP) is 1.83. The lowest BCUT2D eigenvalue weighted by atomic mass is 10.1. The van der Waals surface area contributed by atoms with Gasteiger partial charge in [0.25, 0.3) is 17.6 Å². The molecule has 0 atom stereocenters. The highest BCUT2D eigenvalue weighted by Gasteiger charge is 2.31. The summed E-state index contributed by atoms with van der Waals surface area (Å²) in [4.78, 5) is 55.5. The number of anilines is 2. The van der Waals surface area contributed by atoms with Crippen molar-refractivity contribution in [2.75, 3.05) is 44.3 Å². The van der Waals surface area contributed by atoms with Gasteiger partial charge in [-0.2, -0.15) is 0 Å². The summed E-state index contributed by atoms with van der Waals surface area (Å²) in [6.45, 7) is 9.21. The molecule has 1 aliphatic rings. The van der Waals surface area contributed by atoms with Crippen molar-refractivity contribution >= 4 is 52.0 Å². The quantitative estimate of drug-likeness (QED) is 0.216. The van der Waals surface area contributed by atoms with Crippen LogP contribution in [0.5, 0.6) is 5.75 Å². The summed E-state index contributed by atoms with van der Waals surface area (Å²) in [6.07, 6.45) is 1.90. The molecule has 5 N–H and O–H groups in total. The van der Waals surface area contributed by atoms with Crippen LogP contribution in [0.1, 0.15) is 53.1 Å². The Morgan fingerprint density at radius 2 is 1.76 bits per heavy atom. The first kappa shape index (κ1) is 32.4. The number of nitrogens with two attached hydrogens (primary N) is 2. The molecular weight excluding hydrogens is 612 g/mol. The number of aromatic nitrogens is 5. The number of ether oxygens (including phenoxy) is 1. The van der Waals surface area contributed by atoms with E-state index in [0.29, 0.717) is 57.2 Å². The summed E-state index contributed by atoms with van der Waals surface area (Å²) in [5, 5.41) is 2.76. The van der Waals surface area contributed by atoms with Gasteiger partial charge >= 0.3 is 0 Å². The first-order valence-electron chi connectivity index (χ1n) is 15.2. The van der Waals surface area contributed by atoms with Crippen LogP contribution in [0.2, 0.25) is 5.15 Å². The summed E-state index contributed by atoms with van der Waals surface area (Å²) in [5.74, 6) is 0.358. The number of hydrogen-bond donors (Lipinski definition) is 3. The lowest BCUT2D eigenvalue weighted by Crippen LogP contribution is -2.51. The summed E-state index contributed by atoms with van der Waals surface area (Å²) >= 11 is 5.98. The lowest BCUT2D eigenvalue weighted by molar-refractivity contribution is -0.676. The first-order valence-corrected chi connectivity index (χ1v) is 15.6. The Labute approximate surface area is 271 Å². The van der Waals surface area contributed by atoms with E-state index in [1.165, 1.54) is 0 Å². The largest absolute Gasteiger partial charge is 0.493 e. The van der Waals surface area contributed by atoms with Gasteiger partial charge in [-0.05, 0) is 32.9 Å². The van der Waals surface area contributed by atoms with Crippen molar-refractivity contribution in [3.05, 3.63) is 64.5 Å². The maximum Gasteiger partial charge on any atom is 0.277 e. The number of benzene rings is 1. The molecule has 4 aromatic rings. The van der Waals surface area contributed by atoms with Crippen LogP contribution in [0.25, 0.3) is 11.0 Å². The molecule has 0 aliphatic carbocycles. The molecule has 5 rings (SSSR count). The number of nitrogen functional groups attached to an aromatic ring is 2. The number of fused-ring (bicyclic) bond motifs is 1. The molecule has 14 nitrogen and oxygen atoms in total. The summed E-state index contributed by atoms with van der Waals surface area (Å²) in [6, 6.07) is 9.24. The van der Waals surface area contributed by atoms with E-state index in [4.69, 9.17) is 27.8 Å². The molecule has 1 saturated heterocycles. The van der Waals surface area contributed by atoms with Crippen molar-refractivity contribution in [1.29, 1.82) is 0 Å². The van der Waals surface area contributed by atoms with Crippen LogP contribution in [-0.4, -0.2) is 79.8 Å². The number of amides is 3. The maximum atomic E-state index is 13.9. The van der Waals surface area contributed by atoms with Gasteiger partial charge < -0.3 is 31.3 Å². The van der Waals surface area contributed by atoms with Gasteiger partial charge in [-0.3, -0.25) is 19.4 Å². The van der Waals surface area contributed by atoms with Gasteiger partial charge in [-0.1, -0.05) is 17.7 Å². The summed E-state index contributed by atoms with van der Waals surface area (Å²) < 4.78 is 10.1. The molecule has 0 radical (unpaired) electrons. The first-order chi connectivity index (χ1) is 22.2. The maximum absolute atomic E-state index is 13.9. The van der Waals surface area contributed by atoms with Crippen molar-refractivity contribution in [1.82, 2.24) is 34.6 Å². The zero-order valence-electron chi connectivity index (χ0n) is 26.1. The third-order valence-electron chi connectivity index (χ3n) is 7.95. The van der Waals surface area contributed by atoms with Gasteiger partial charge in [-0.25, -0.2) is 19.1 Å². The molecule has 0 spiro atoms. The van der Waals surface area contributed by atoms with Crippen molar-refractivity contribution < 1.29 is 23.7 Å².